The molecule has 0 bridgehead atoms. The summed E-state index contributed by atoms with van der Waals surface area (Å²) in [5, 5.41) is 0. The van der Waals surface area contributed by atoms with E-state index in [1.165, 1.54) is 4.31 Å². The molecule has 7 heteroatoms. The second-order valence-electron chi connectivity index (χ2n) is 5.00. The Morgan fingerprint density at radius 3 is 2.52 bits per heavy atom. The molecule has 112 valence electrons. The Kier molecular flexibility index (Phi) is 3.54. The Balaban J connectivity index is 2.01. The number of hydrogen-bond donors (Lipinski definition) is 1. The van der Waals surface area contributed by atoms with Crippen molar-refractivity contribution in [2.24, 2.45) is 0 Å². The maximum absolute atomic E-state index is 13.3. The highest BCUT2D eigenvalue weighted by Gasteiger charge is 2.37. The standard InChI is InChI=1S/C14H14F2N2O2S/c15-10-7-11(16)9-12(8-10)21(19,20)18-6-2-4-14(18)13-3-1-5-17-13/h1,3,5,7-9,14,17H,2,4,6H2. The quantitative estimate of drug-likeness (QED) is 0.947. The lowest BCUT2D eigenvalue weighted by Gasteiger charge is -2.23. The molecule has 1 aromatic heterocycles. The van der Waals surface area contributed by atoms with Crippen molar-refractivity contribution in [2.75, 3.05) is 6.54 Å². The third-order valence-electron chi connectivity index (χ3n) is 3.63. The Morgan fingerprint density at radius 1 is 1.19 bits per heavy atom. The molecule has 0 amide bonds. The molecule has 2 aromatic rings. The average Bonchev–Trinajstić information content (AvgIpc) is 3.08. The lowest BCUT2D eigenvalue weighted by atomic mass is 10.2. The second kappa shape index (κ2) is 5.23. The van der Waals surface area contributed by atoms with Gasteiger partial charge in [-0.2, -0.15) is 4.31 Å². The molecule has 1 saturated heterocycles. The molecular formula is C14H14F2N2O2S. The highest BCUT2D eigenvalue weighted by molar-refractivity contribution is 7.89. The number of benzene rings is 1. The van der Waals surface area contributed by atoms with E-state index in [9.17, 15) is 17.2 Å². The molecule has 1 unspecified atom stereocenters. The highest BCUT2D eigenvalue weighted by Crippen LogP contribution is 2.35. The monoisotopic (exact) mass is 312 g/mol. The zero-order chi connectivity index (χ0) is 15.0. The average molecular weight is 312 g/mol. The molecule has 21 heavy (non-hydrogen) atoms. The van der Waals surface area contributed by atoms with Gasteiger partial charge in [0.05, 0.1) is 10.9 Å². The van der Waals surface area contributed by atoms with Crippen LogP contribution in [-0.4, -0.2) is 24.3 Å². The largest absolute Gasteiger partial charge is 0.364 e. The van der Waals surface area contributed by atoms with Crippen LogP contribution in [0.15, 0.2) is 41.4 Å². The maximum atomic E-state index is 13.3. The van der Waals surface area contributed by atoms with Gasteiger partial charge in [0.2, 0.25) is 10.0 Å². The first-order valence-electron chi connectivity index (χ1n) is 6.60. The van der Waals surface area contributed by atoms with Gasteiger partial charge in [0.15, 0.2) is 0 Å². The van der Waals surface area contributed by atoms with Gasteiger partial charge in [0.25, 0.3) is 0 Å². The van der Waals surface area contributed by atoms with Crippen LogP contribution in [0.3, 0.4) is 0 Å². The van der Waals surface area contributed by atoms with E-state index in [1.54, 1.807) is 12.3 Å². The summed E-state index contributed by atoms with van der Waals surface area (Å²) in [6.45, 7) is 0.337. The fourth-order valence-corrected chi connectivity index (χ4v) is 4.42. The van der Waals surface area contributed by atoms with E-state index < -0.39 is 21.7 Å². The number of nitrogens with one attached hydrogen (secondary N) is 1. The van der Waals surface area contributed by atoms with Crippen molar-refractivity contribution in [3.05, 3.63) is 53.9 Å². The van der Waals surface area contributed by atoms with E-state index in [0.29, 0.717) is 25.5 Å². The van der Waals surface area contributed by atoms with Gasteiger partial charge >= 0.3 is 0 Å². The minimum atomic E-state index is -3.93. The van der Waals surface area contributed by atoms with E-state index in [0.717, 1.165) is 17.8 Å². The first-order valence-corrected chi connectivity index (χ1v) is 8.04. The summed E-state index contributed by atoms with van der Waals surface area (Å²) in [4.78, 5) is 2.65. The van der Waals surface area contributed by atoms with Crippen LogP contribution in [-0.2, 0) is 10.0 Å². The van der Waals surface area contributed by atoms with Crippen LogP contribution in [0.1, 0.15) is 24.6 Å². The van der Waals surface area contributed by atoms with Gasteiger partial charge in [-0.25, -0.2) is 17.2 Å². The molecule has 0 aliphatic carbocycles. The van der Waals surface area contributed by atoms with Crippen molar-refractivity contribution in [3.8, 4) is 0 Å². The Bertz CT molecular complexity index is 724. The van der Waals surface area contributed by atoms with Crippen LogP contribution in [0.5, 0.6) is 0 Å². The SMILES string of the molecule is O=S(=O)(c1cc(F)cc(F)c1)N1CCCC1c1ccc[nH]1. The molecular weight excluding hydrogens is 298 g/mol. The summed E-state index contributed by atoms with van der Waals surface area (Å²) in [7, 11) is -3.93. The number of H-pyrrole nitrogens is 1. The molecule has 1 aliphatic heterocycles. The molecule has 1 atom stereocenters. The highest BCUT2D eigenvalue weighted by atomic mass is 32.2. The fraction of sp³-hybridized carbons (Fsp3) is 0.286. The summed E-state index contributed by atoms with van der Waals surface area (Å²) >= 11 is 0. The Labute approximate surface area is 121 Å². The summed E-state index contributed by atoms with van der Waals surface area (Å²) in [6.07, 6.45) is 3.11. The van der Waals surface area contributed by atoms with E-state index >= 15 is 0 Å². The molecule has 1 aromatic carbocycles. The van der Waals surface area contributed by atoms with Gasteiger partial charge in [-0.15, -0.1) is 0 Å². The van der Waals surface area contributed by atoms with Crippen LogP contribution in [0.4, 0.5) is 8.78 Å². The minimum Gasteiger partial charge on any atom is -0.364 e. The van der Waals surface area contributed by atoms with Crippen LogP contribution in [0.2, 0.25) is 0 Å². The number of hydrogen-bond acceptors (Lipinski definition) is 2. The molecule has 1 N–H and O–H groups in total. The van der Waals surface area contributed by atoms with Crippen molar-refractivity contribution in [1.29, 1.82) is 0 Å². The van der Waals surface area contributed by atoms with Gasteiger partial charge in [0.1, 0.15) is 11.6 Å². The van der Waals surface area contributed by atoms with Crippen LogP contribution in [0, 0.1) is 11.6 Å². The van der Waals surface area contributed by atoms with Crippen molar-refractivity contribution >= 4 is 10.0 Å². The molecule has 0 radical (unpaired) electrons. The molecule has 0 spiro atoms. The predicted molar refractivity (Wildman–Crippen MR) is 73.0 cm³/mol. The third-order valence-corrected chi connectivity index (χ3v) is 5.51. The van der Waals surface area contributed by atoms with Crippen LogP contribution < -0.4 is 0 Å². The lowest BCUT2D eigenvalue weighted by Crippen LogP contribution is -2.31. The topological polar surface area (TPSA) is 53.2 Å². The summed E-state index contributed by atoms with van der Waals surface area (Å²) in [5.74, 6) is -1.80. The van der Waals surface area contributed by atoms with Crippen LogP contribution in [0.25, 0.3) is 0 Å². The maximum Gasteiger partial charge on any atom is 0.243 e. The third kappa shape index (κ3) is 2.58. The second-order valence-corrected chi connectivity index (χ2v) is 6.89. The van der Waals surface area contributed by atoms with Crippen molar-refractivity contribution in [1.82, 2.24) is 9.29 Å². The van der Waals surface area contributed by atoms with Crippen molar-refractivity contribution in [2.45, 2.75) is 23.8 Å². The van der Waals surface area contributed by atoms with E-state index in [1.807, 2.05) is 6.07 Å². The normalized spacial score (nSPS) is 20.0. The Hall–Kier alpha value is -1.73. The molecule has 1 aliphatic rings. The van der Waals surface area contributed by atoms with Gasteiger partial charge in [-0.3, -0.25) is 0 Å². The lowest BCUT2D eigenvalue weighted by molar-refractivity contribution is 0.390. The van der Waals surface area contributed by atoms with Gasteiger partial charge in [-0.05, 0) is 37.1 Å². The molecule has 4 nitrogen and oxygen atoms in total. The summed E-state index contributed by atoms with van der Waals surface area (Å²) in [5.41, 5.74) is 0.785. The summed E-state index contributed by atoms with van der Waals surface area (Å²) < 4.78 is 53.1. The van der Waals surface area contributed by atoms with E-state index in [4.69, 9.17) is 0 Å². The fourth-order valence-electron chi connectivity index (χ4n) is 2.70. The minimum absolute atomic E-state index is 0.323. The predicted octanol–water partition coefficient (Wildman–Crippen LogP) is 2.82. The first kappa shape index (κ1) is 14.2. The number of nitrogens with zero attached hydrogens (tertiary/aromatic N) is 1. The van der Waals surface area contributed by atoms with E-state index in [-0.39, 0.29) is 10.9 Å². The molecule has 0 saturated carbocycles. The van der Waals surface area contributed by atoms with Crippen molar-refractivity contribution in [3.63, 3.8) is 0 Å². The first-order chi connectivity index (χ1) is 9.98. The number of aromatic amines is 1. The smallest absolute Gasteiger partial charge is 0.243 e. The van der Waals surface area contributed by atoms with Crippen molar-refractivity contribution < 1.29 is 17.2 Å². The van der Waals surface area contributed by atoms with Gasteiger partial charge in [-0.1, -0.05) is 0 Å². The Morgan fingerprint density at radius 2 is 1.90 bits per heavy atom. The summed E-state index contributed by atoms with van der Waals surface area (Å²) in [6, 6.07) is 5.64. The van der Waals surface area contributed by atoms with Gasteiger partial charge in [0, 0.05) is 24.5 Å². The molecule has 2 heterocycles. The zero-order valence-electron chi connectivity index (χ0n) is 11.1. The number of rotatable bonds is 3. The number of halogens is 2. The molecule has 3 rings (SSSR count). The zero-order valence-corrected chi connectivity index (χ0v) is 11.9. The van der Waals surface area contributed by atoms with Crippen LogP contribution >= 0.6 is 0 Å². The number of aromatic nitrogens is 1. The molecule has 1 fully saturated rings. The number of sulfonamides is 1. The van der Waals surface area contributed by atoms with Gasteiger partial charge < -0.3 is 4.98 Å². The van der Waals surface area contributed by atoms with E-state index in [2.05, 4.69) is 4.98 Å².